The average molecular weight is 404 g/mol. The highest BCUT2D eigenvalue weighted by atomic mass is 14.4. The Bertz CT molecular complexity index is 669. The summed E-state index contributed by atoms with van der Waals surface area (Å²) in [6.45, 7) is 4.61. The van der Waals surface area contributed by atoms with Crippen molar-refractivity contribution in [3.8, 4) is 11.1 Å². The third-order valence-electron chi connectivity index (χ3n) is 7.09. The summed E-state index contributed by atoms with van der Waals surface area (Å²) in [6.07, 6.45) is 19.3. The van der Waals surface area contributed by atoms with Crippen LogP contribution in [-0.4, -0.2) is 8.41 Å². The summed E-state index contributed by atoms with van der Waals surface area (Å²) in [5, 5.41) is 0. The van der Waals surface area contributed by atoms with Crippen molar-refractivity contribution in [2.75, 3.05) is 0 Å². The molecule has 164 valence electrons. The molecule has 0 heterocycles. The Morgan fingerprint density at radius 3 is 1.30 bits per heavy atom. The van der Waals surface area contributed by atoms with Crippen molar-refractivity contribution in [1.82, 2.24) is 0 Å². The van der Waals surface area contributed by atoms with E-state index in [0.29, 0.717) is 0 Å². The molecule has 2 aromatic carbocycles. The molecule has 0 fully saturated rings. The summed E-state index contributed by atoms with van der Waals surface area (Å²) in [6, 6.07) is 18.6. The van der Waals surface area contributed by atoms with E-state index in [9.17, 15) is 0 Å². The van der Waals surface area contributed by atoms with Crippen molar-refractivity contribution in [1.29, 1.82) is 0 Å². The van der Waals surface area contributed by atoms with Gasteiger partial charge in [0.25, 0.3) is 0 Å². The predicted molar refractivity (Wildman–Crippen MR) is 139 cm³/mol. The molecule has 0 atom stereocenters. The monoisotopic (exact) mass is 404 g/mol. The highest BCUT2D eigenvalue weighted by Gasteiger charge is 2.41. The van der Waals surface area contributed by atoms with Crippen LogP contribution in [0.15, 0.2) is 48.5 Å². The molecule has 0 amide bonds. The topological polar surface area (TPSA) is 0 Å². The lowest BCUT2D eigenvalue weighted by molar-refractivity contribution is 0.398. The summed E-state index contributed by atoms with van der Waals surface area (Å²) >= 11 is 0. The SMILES string of the molecule is B.CCCCCCCCC1(CCCCCCCC)c2ccccc2-c2ccccc21. The number of hydrogen-bond acceptors (Lipinski definition) is 0. The number of fused-ring (bicyclic) bond motifs is 3. The van der Waals surface area contributed by atoms with Gasteiger partial charge in [-0.3, -0.25) is 0 Å². The van der Waals surface area contributed by atoms with Crippen molar-refractivity contribution in [3.63, 3.8) is 0 Å². The first-order valence-electron chi connectivity index (χ1n) is 12.5. The Balaban J connectivity index is 0.00000320. The van der Waals surface area contributed by atoms with Gasteiger partial charge in [0.05, 0.1) is 8.41 Å². The van der Waals surface area contributed by atoms with E-state index in [1.54, 1.807) is 11.1 Å². The molecule has 0 aromatic heterocycles. The van der Waals surface area contributed by atoms with Crippen molar-refractivity contribution in [2.45, 2.75) is 109 Å². The van der Waals surface area contributed by atoms with E-state index < -0.39 is 0 Å². The normalized spacial score (nSPS) is 13.5. The highest BCUT2D eigenvalue weighted by molar-refractivity contribution is 5.80. The zero-order valence-electron chi connectivity index (χ0n) is 19.0. The standard InChI is InChI=1S/C29H42.BH3/c1-3-5-7-9-11-17-23-29(24-18-12-10-8-6-4-2)27-21-15-13-19-25(27)26-20-14-16-22-28(26)29;/h13-16,19-22H,3-12,17-18,23-24H2,1-2H3;1H3. The van der Waals surface area contributed by atoms with E-state index in [1.807, 2.05) is 0 Å². The van der Waals surface area contributed by atoms with Crippen LogP contribution in [0.1, 0.15) is 115 Å². The summed E-state index contributed by atoms with van der Waals surface area (Å²) in [5.41, 5.74) is 6.48. The molecule has 0 aliphatic heterocycles. The van der Waals surface area contributed by atoms with E-state index >= 15 is 0 Å². The van der Waals surface area contributed by atoms with E-state index in [4.69, 9.17) is 0 Å². The molecular weight excluding hydrogens is 359 g/mol. The average Bonchev–Trinajstić information content (AvgIpc) is 3.04. The lowest BCUT2D eigenvalue weighted by Crippen LogP contribution is -2.25. The van der Waals surface area contributed by atoms with E-state index in [2.05, 4.69) is 62.4 Å². The molecule has 0 N–H and O–H groups in total. The fourth-order valence-electron chi connectivity index (χ4n) is 5.49. The van der Waals surface area contributed by atoms with Crippen molar-refractivity contribution in [3.05, 3.63) is 59.7 Å². The molecule has 0 saturated carbocycles. The Morgan fingerprint density at radius 2 is 0.867 bits per heavy atom. The van der Waals surface area contributed by atoms with Crippen molar-refractivity contribution in [2.24, 2.45) is 0 Å². The maximum atomic E-state index is 2.43. The zero-order valence-corrected chi connectivity index (χ0v) is 19.0. The Labute approximate surface area is 188 Å². The Morgan fingerprint density at radius 1 is 0.500 bits per heavy atom. The van der Waals surface area contributed by atoms with E-state index in [-0.39, 0.29) is 13.8 Å². The minimum absolute atomic E-state index is 0. The van der Waals surface area contributed by atoms with Crippen LogP contribution < -0.4 is 0 Å². The highest BCUT2D eigenvalue weighted by Crippen LogP contribution is 2.53. The van der Waals surface area contributed by atoms with Crippen LogP contribution in [0.5, 0.6) is 0 Å². The summed E-state index contributed by atoms with van der Waals surface area (Å²) < 4.78 is 0. The second-order valence-corrected chi connectivity index (χ2v) is 9.21. The first kappa shape index (κ1) is 24.8. The number of unbranched alkanes of at least 4 members (excludes halogenated alkanes) is 10. The Hall–Kier alpha value is -1.50. The molecule has 0 bridgehead atoms. The maximum absolute atomic E-state index is 2.43. The number of hydrogen-bond donors (Lipinski definition) is 0. The van der Waals surface area contributed by atoms with Crippen LogP contribution in [0.2, 0.25) is 0 Å². The smallest absolute Gasteiger partial charge is 0.0654 e. The second-order valence-electron chi connectivity index (χ2n) is 9.21. The minimum Gasteiger partial charge on any atom is -0.0654 e. The van der Waals surface area contributed by atoms with Crippen LogP contribution in [-0.2, 0) is 5.41 Å². The van der Waals surface area contributed by atoms with Gasteiger partial charge in [0.15, 0.2) is 0 Å². The van der Waals surface area contributed by atoms with Gasteiger partial charge in [-0.05, 0) is 35.1 Å². The number of benzene rings is 2. The summed E-state index contributed by atoms with van der Waals surface area (Å²) in [7, 11) is 0. The third-order valence-corrected chi connectivity index (χ3v) is 7.09. The molecule has 3 rings (SSSR count). The van der Waals surface area contributed by atoms with Crippen LogP contribution >= 0.6 is 0 Å². The molecule has 1 aliphatic carbocycles. The molecule has 0 radical (unpaired) electrons. The van der Waals surface area contributed by atoms with Gasteiger partial charge >= 0.3 is 0 Å². The van der Waals surface area contributed by atoms with Gasteiger partial charge in [-0.1, -0.05) is 139 Å². The van der Waals surface area contributed by atoms with Gasteiger partial charge in [0.2, 0.25) is 0 Å². The molecule has 2 aromatic rings. The molecule has 0 spiro atoms. The minimum atomic E-state index is 0. The van der Waals surface area contributed by atoms with E-state index in [0.717, 1.165) is 0 Å². The molecule has 30 heavy (non-hydrogen) atoms. The molecular formula is C29H45B. The van der Waals surface area contributed by atoms with Gasteiger partial charge in [0, 0.05) is 5.41 Å². The van der Waals surface area contributed by atoms with Crippen molar-refractivity contribution < 1.29 is 0 Å². The Kier molecular flexibility index (Phi) is 10.8. The zero-order chi connectivity index (χ0) is 20.4. The molecule has 0 unspecified atom stereocenters. The lowest BCUT2D eigenvalue weighted by Gasteiger charge is -2.33. The quantitative estimate of drug-likeness (QED) is 0.219. The second kappa shape index (κ2) is 13.0. The fraction of sp³-hybridized carbons (Fsp3) is 0.586. The largest absolute Gasteiger partial charge is 0.0814 e. The van der Waals surface area contributed by atoms with Gasteiger partial charge < -0.3 is 0 Å². The maximum Gasteiger partial charge on any atom is 0.0814 e. The van der Waals surface area contributed by atoms with Crippen LogP contribution in [0.4, 0.5) is 0 Å². The molecule has 1 heteroatoms. The van der Waals surface area contributed by atoms with Crippen LogP contribution in [0.25, 0.3) is 11.1 Å². The number of rotatable bonds is 14. The summed E-state index contributed by atoms with van der Waals surface area (Å²) in [5.74, 6) is 0. The first-order valence-corrected chi connectivity index (χ1v) is 12.5. The first-order chi connectivity index (χ1) is 14.3. The van der Waals surface area contributed by atoms with Gasteiger partial charge in [-0.2, -0.15) is 0 Å². The fourth-order valence-corrected chi connectivity index (χ4v) is 5.49. The summed E-state index contributed by atoms with van der Waals surface area (Å²) in [4.78, 5) is 0. The van der Waals surface area contributed by atoms with Crippen molar-refractivity contribution >= 4 is 8.41 Å². The lowest BCUT2D eigenvalue weighted by atomic mass is 9.70. The van der Waals surface area contributed by atoms with Crippen LogP contribution in [0.3, 0.4) is 0 Å². The molecule has 1 aliphatic rings. The van der Waals surface area contributed by atoms with E-state index in [1.165, 1.54) is 101 Å². The third kappa shape index (κ3) is 5.80. The van der Waals surface area contributed by atoms with Gasteiger partial charge in [0.1, 0.15) is 0 Å². The van der Waals surface area contributed by atoms with Gasteiger partial charge in [-0.25, -0.2) is 0 Å². The predicted octanol–water partition coefficient (Wildman–Crippen LogP) is 8.27. The van der Waals surface area contributed by atoms with Gasteiger partial charge in [-0.15, -0.1) is 0 Å². The molecule has 0 saturated heterocycles. The van der Waals surface area contributed by atoms with Crippen LogP contribution in [0, 0.1) is 0 Å². The molecule has 0 nitrogen and oxygen atoms in total.